The summed E-state index contributed by atoms with van der Waals surface area (Å²) in [4.78, 5) is 24.4. The maximum Gasteiger partial charge on any atom is 0.343 e. The highest BCUT2D eigenvalue weighted by atomic mass is 16.5. The Labute approximate surface area is 198 Å². The van der Waals surface area contributed by atoms with Gasteiger partial charge in [-0.25, -0.2) is 4.79 Å². The van der Waals surface area contributed by atoms with E-state index in [1.54, 1.807) is 24.3 Å². The van der Waals surface area contributed by atoms with Gasteiger partial charge in [0, 0.05) is 6.42 Å². The second-order valence-electron chi connectivity index (χ2n) is 9.27. The zero-order valence-electron chi connectivity index (χ0n) is 20.2. The van der Waals surface area contributed by atoms with Crippen LogP contribution in [0, 0.1) is 5.92 Å². The van der Waals surface area contributed by atoms with Crippen molar-refractivity contribution in [3.8, 4) is 11.5 Å². The van der Waals surface area contributed by atoms with E-state index in [0.717, 1.165) is 25.2 Å². The molecule has 0 amide bonds. The van der Waals surface area contributed by atoms with E-state index in [0.29, 0.717) is 29.4 Å². The van der Waals surface area contributed by atoms with Gasteiger partial charge in [-0.1, -0.05) is 58.1 Å². The Morgan fingerprint density at radius 2 is 1.36 bits per heavy atom. The predicted octanol–water partition coefficient (Wildman–Crippen LogP) is 7.86. The molecular formula is C29H38O4. The second-order valence-corrected chi connectivity index (χ2v) is 9.27. The van der Waals surface area contributed by atoms with Crippen molar-refractivity contribution in [2.75, 3.05) is 0 Å². The third kappa shape index (κ3) is 8.03. The van der Waals surface area contributed by atoms with Crippen molar-refractivity contribution in [2.24, 2.45) is 5.92 Å². The van der Waals surface area contributed by atoms with Gasteiger partial charge < -0.3 is 9.47 Å². The zero-order valence-corrected chi connectivity index (χ0v) is 20.2. The van der Waals surface area contributed by atoms with E-state index >= 15 is 0 Å². The zero-order chi connectivity index (χ0) is 23.5. The lowest BCUT2D eigenvalue weighted by Crippen LogP contribution is -2.14. The van der Waals surface area contributed by atoms with Crippen molar-refractivity contribution in [1.82, 2.24) is 0 Å². The first-order valence-corrected chi connectivity index (χ1v) is 12.7. The molecule has 4 nitrogen and oxygen atoms in total. The maximum absolute atomic E-state index is 12.5. The quantitative estimate of drug-likeness (QED) is 0.199. The normalized spacial score (nSPS) is 18.0. The minimum Gasteiger partial charge on any atom is -0.427 e. The molecule has 2 aromatic carbocycles. The van der Waals surface area contributed by atoms with Crippen LogP contribution in [-0.4, -0.2) is 11.9 Å². The summed E-state index contributed by atoms with van der Waals surface area (Å²) >= 11 is 0. The molecule has 0 heterocycles. The van der Waals surface area contributed by atoms with Crippen LogP contribution in [0.5, 0.6) is 11.5 Å². The van der Waals surface area contributed by atoms with Crippen LogP contribution in [0.2, 0.25) is 0 Å². The Morgan fingerprint density at radius 1 is 0.758 bits per heavy atom. The minimum absolute atomic E-state index is 0.234. The summed E-state index contributed by atoms with van der Waals surface area (Å²) in [5.41, 5.74) is 1.87. The summed E-state index contributed by atoms with van der Waals surface area (Å²) in [5, 5.41) is 0. The number of hydrogen-bond donors (Lipinski definition) is 0. The van der Waals surface area contributed by atoms with Crippen molar-refractivity contribution < 1.29 is 19.1 Å². The molecular weight excluding hydrogens is 412 g/mol. The number of ether oxygens (including phenoxy) is 2. The first kappa shape index (κ1) is 25.0. The Hall–Kier alpha value is -2.62. The maximum atomic E-state index is 12.5. The van der Waals surface area contributed by atoms with Crippen LogP contribution < -0.4 is 9.47 Å². The van der Waals surface area contributed by atoms with E-state index in [4.69, 9.17) is 9.47 Å². The fraction of sp³-hybridized carbons (Fsp3) is 0.517. The minimum atomic E-state index is -0.380. The lowest BCUT2D eigenvalue weighted by Gasteiger charge is -2.28. The molecule has 1 saturated carbocycles. The lowest BCUT2D eigenvalue weighted by molar-refractivity contribution is -0.134. The monoisotopic (exact) mass is 450 g/mol. The molecule has 33 heavy (non-hydrogen) atoms. The van der Waals surface area contributed by atoms with Gasteiger partial charge in [0.15, 0.2) is 0 Å². The molecule has 1 aliphatic carbocycles. The van der Waals surface area contributed by atoms with Crippen LogP contribution >= 0.6 is 0 Å². The van der Waals surface area contributed by atoms with Gasteiger partial charge in [0.1, 0.15) is 11.5 Å². The van der Waals surface area contributed by atoms with E-state index in [1.165, 1.54) is 50.5 Å². The number of rotatable bonds is 11. The molecule has 0 bridgehead atoms. The highest BCUT2D eigenvalue weighted by molar-refractivity contribution is 5.91. The van der Waals surface area contributed by atoms with Gasteiger partial charge in [-0.2, -0.15) is 0 Å². The highest BCUT2D eigenvalue weighted by Crippen LogP contribution is 2.37. The number of carbonyl (C=O) groups excluding carboxylic acids is 2. The SMILES string of the molecule is CCCCCC(=O)Oc1ccc(OC(=O)c2ccc(C3CCC(CCCC)CC3)cc2)cc1. The Balaban J connectivity index is 1.47. The van der Waals surface area contributed by atoms with Crippen LogP contribution in [0.4, 0.5) is 0 Å². The Kier molecular flexibility index (Phi) is 9.99. The third-order valence-corrected chi connectivity index (χ3v) is 6.68. The topological polar surface area (TPSA) is 52.6 Å². The molecule has 0 saturated heterocycles. The smallest absolute Gasteiger partial charge is 0.343 e. The molecule has 0 unspecified atom stereocenters. The van der Waals surface area contributed by atoms with Gasteiger partial charge in [0.2, 0.25) is 0 Å². The van der Waals surface area contributed by atoms with Crippen molar-refractivity contribution in [1.29, 1.82) is 0 Å². The summed E-state index contributed by atoms with van der Waals surface area (Å²) in [6, 6.07) is 14.5. The van der Waals surface area contributed by atoms with Crippen molar-refractivity contribution in [2.45, 2.75) is 90.4 Å². The fourth-order valence-electron chi connectivity index (χ4n) is 4.61. The molecule has 0 radical (unpaired) electrons. The first-order valence-electron chi connectivity index (χ1n) is 12.7. The number of carbonyl (C=O) groups is 2. The molecule has 0 aromatic heterocycles. The lowest BCUT2D eigenvalue weighted by atomic mass is 9.77. The highest BCUT2D eigenvalue weighted by Gasteiger charge is 2.22. The summed E-state index contributed by atoms with van der Waals surface area (Å²) in [6.45, 7) is 4.36. The van der Waals surface area contributed by atoms with Crippen molar-refractivity contribution >= 4 is 11.9 Å². The van der Waals surface area contributed by atoms with Gasteiger partial charge in [-0.15, -0.1) is 0 Å². The molecule has 0 atom stereocenters. The number of esters is 2. The second kappa shape index (κ2) is 13.2. The van der Waals surface area contributed by atoms with Gasteiger partial charge in [-0.3, -0.25) is 4.79 Å². The van der Waals surface area contributed by atoms with E-state index in [9.17, 15) is 9.59 Å². The van der Waals surface area contributed by atoms with Crippen LogP contribution in [0.1, 0.15) is 106 Å². The summed E-state index contributed by atoms with van der Waals surface area (Å²) in [7, 11) is 0. The summed E-state index contributed by atoms with van der Waals surface area (Å²) < 4.78 is 10.8. The van der Waals surface area contributed by atoms with Crippen molar-refractivity contribution in [3.63, 3.8) is 0 Å². The largest absolute Gasteiger partial charge is 0.427 e. The van der Waals surface area contributed by atoms with Gasteiger partial charge in [0.25, 0.3) is 0 Å². The van der Waals surface area contributed by atoms with Crippen LogP contribution in [0.25, 0.3) is 0 Å². The van der Waals surface area contributed by atoms with Crippen LogP contribution in [-0.2, 0) is 4.79 Å². The predicted molar refractivity (Wildman–Crippen MR) is 132 cm³/mol. The van der Waals surface area contributed by atoms with Crippen LogP contribution in [0.3, 0.4) is 0 Å². The van der Waals surface area contributed by atoms with E-state index in [-0.39, 0.29) is 11.9 Å². The average Bonchev–Trinajstić information content (AvgIpc) is 2.84. The Morgan fingerprint density at radius 3 is 1.97 bits per heavy atom. The molecule has 0 N–H and O–H groups in total. The molecule has 0 spiro atoms. The third-order valence-electron chi connectivity index (χ3n) is 6.68. The first-order chi connectivity index (χ1) is 16.1. The van der Waals surface area contributed by atoms with Crippen LogP contribution in [0.15, 0.2) is 48.5 Å². The molecule has 4 heteroatoms. The molecule has 2 aromatic rings. The standard InChI is InChI=1S/C29H38O4/c1-3-5-7-9-28(30)32-26-18-20-27(21-19-26)33-29(31)25-16-14-24(15-17-25)23-12-10-22(11-13-23)8-6-4-2/h14-23H,3-13H2,1-2H3. The molecule has 0 aliphatic heterocycles. The molecule has 3 rings (SSSR count). The van der Waals surface area contributed by atoms with Gasteiger partial charge >= 0.3 is 11.9 Å². The molecule has 178 valence electrons. The van der Waals surface area contributed by atoms with E-state index < -0.39 is 0 Å². The molecule has 1 fully saturated rings. The average molecular weight is 451 g/mol. The number of benzene rings is 2. The van der Waals surface area contributed by atoms with Gasteiger partial charge in [-0.05, 0) is 85.9 Å². The van der Waals surface area contributed by atoms with E-state index in [1.807, 2.05) is 12.1 Å². The van der Waals surface area contributed by atoms with E-state index in [2.05, 4.69) is 26.0 Å². The summed E-state index contributed by atoms with van der Waals surface area (Å²) in [5.74, 6) is 1.78. The number of unbranched alkanes of at least 4 members (excludes halogenated alkanes) is 3. The summed E-state index contributed by atoms with van der Waals surface area (Å²) in [6.07, 6.45) is 12.5. The van der Waals surface area contributed by atoms with Crippen molar-refractivity contribution in [3.05, 3.63) is 59.7 Å². The molecule has 1 aliphatic rings. The Bertz CT molecular complexity index is 861. The fourth-order valence-corrected chi connectivity index (χ4v) is 4.61. The van der Waals surface area contributed by atoms with Gasteiger partial charge in [0.05, 0.1) is 5.56 Å². The number of hydrogen-bond acceptors (Lipinski definition) is 4.